The van der Waals surface area contributed by atoms with Gasteiger partial charge in [0.15, 0.2) is 0 Å². The summed E-state index contributed by atoms with van der Waals surface area (Å²) in [5, 5.41) is 10.7. The summed E-state index contributed by atoms with van der Waals surface area (Å²) in [6.45, 7) is 10.7. The van der Waals surface area contributed by atoms with E-state index in [-0.39, 0.29) is 6.10 Å². The summed E-state index contributed by atoms with van der Waals surface area (Å²) in [4.78, 5) is 0. The highest BCUT2D eigenvalue weighted by molar-refractivity contribution is 5.30. The smallest absolute Gasteiger partial charge is 0.119 e. The van der Waals surface area contributed by atoms with Crippen molar-refractivity contribution in [2.75, 3.05) is 6.61 Å². The first-order valence-electron chi connectivity index (χ1n) is 7.57. The third-order valence-electron chi connectivity index (χ3n) is 3.69. The highest BCUT2D eigenvalue weighted by atomic mass is 16.5. The molecule has 20 heavy (non-hydrogen) atoms. The van der Waals surface area contributed by atoms with E-state index in [9.17, 15) is 5.11 Å². The van der Waals surface area contributed by atoms with Crippen LogP contribution in [0.5, 0.6) is 5.75 Å². The van der Waals surface area contributed by atoms with Crippen LogP contribution in [0.15, 0.2) is 24.3 Å². The largest absolute Gasteiger partial charge is 0.491 e. The summed E-state index contributed by atoms with van der Waals surface area (Å²) in [6.07, 6.45) is 1.09. The number of hydrogen-bond donors (Lipinski definition) is 1. The standard InChI is InChI=1S/C17H28O3/c1-6-17(7-2,19-8-3)16(18)14-9-11-15(12-10-14)20-13(4)5/h9-13,16,18H,6-8H2,1-5H3. The van der Waals surface area contributed by atoms with Gasteiger partial charge in [-0.15, -0.1) is 0 Å². The molecule has 0 radical (unpaired) electrons. The lowest BCUT2D eigenvalue weighted by Gasteiger charge is -2.36. The van der Waals surface area contributed by atoms with Gasteiger partial charge < -0.3 is 14.6 Å². The van der Waals surface area contributed by atoms with E-state index in [1.807, 2.05) is 45.0 Å². The molecule has 0 fully saturated rings. The molecule has 0 saturated heterocycles. The van der Waals surface area contributed by atoms with Gasteiger partial charge in [-0.05, 0) is 51.3 Å². The molecule has 114 valence electrons. The molecule has 1 rings (SSSR count). The molecule has 1 aromatic rings. The zero-order valence-corrected chi connectivity index (χ0v) is 13.3. The van der Waals surface area contributed by atoms with Crippen molar-refractivity contribution in [1.29, 1.82) is 0 Å². The zero-order chi connectivity index (χ0) is 15.2. The molecule has 0 amide bonds. The van der Waals surface area contributed by atoms with Crippen molar-refractivity contribution in [3.63, 3.8) is 0 Å². The Morgan fingerprint density at radius 1 is 1.05 bits per heavy atom. The van der Waals surface area contributed by atoms with Crippen LogP contribution in [0.2, 0.25) is 0 Å². The van der Waals surface area contributed by atoms with E-state index in [4.69, 9.17) is 9.47 Å². The maximum Gasteiger partial charge on any atom is 0.119 e. The van der Waals surface area contributed by atoms with Gasteiger partial charge in [0.1, 0.15) is 11.9 Å². The van der Waals surface area contributed by atoms with Crippen molar-refractivity contribution in [3.8, 4) is 5.75 Å². The molecule has 1 unspecified atom stereocenters. The van der Waals surface area contributed by atoms with Crippen molar-refractivity contribution in [2.24, 2.45) is 0 Å². The summed E-state index contributed by atoms with van der Waals surface area (Å²) >= 11 is 0. The topological polar surface area (TPSA) is 38.7 Å². The molecule has 0 aliphatic carbocycles. The van der Waals surface area contributed by atoms with Gasteiger partial charge in [-0.25, -0.2) is 0 Å². The fourth-order valence-electron chi connectivity index (χ4n) is 2.51. The van der Waals surface area contributed by atoms with Crippen molar-refractivity contribution in [3.05, 3.63) is 29.8 Å². The summed E-state index contributed by atoms with van der Waals surface area (Å²) in [7, 11) is 0. The second-order valence-corrected chi connectivity index (χ2v) is 5.34. The van der Waals surface area contributed by atoms with E-state index in [0.29, 0.717) is 6.61 Å². The summed E-state index contributed by atoms with van der Waals surface area (Å²) in [5.41, 5.74) is 0.369. The fourth-order valence-corrected chi connectivity index (χ4v) is 2.51. The van der Waals surface area contributed by atoms with Gasteiger partial charge in [-0.3, -0.25) is 0 Å². The molecule has 3 nitrogen and oxygen atoms in total. The number of aliphatic hydroxyl groups is 1. The SMILES string of the molecule is CCOC(CC)(CC)C(O)c1ccc(OC(C)C)cc1. The molecule has 1 N–H and O–H groups in total. The minimum Gasteiger partial charge on any atom is -0.491 e. The van der Waals surface area contributed by atoms with E-state index in [0.717, 1.165) is 24.2 Å². The van der Waals surface area contributed by atoms with Crippen molar-refractivity contribution < 1.29 is 14.6 Å². The highest BCUT2D eigenvalue weighted by Gasteiger charge is 2.36. The Hall–Kier alpha value is -1.06. The van der Waals surface area contributed by atoms with E-state index < -0.39 is 11.7 Å². The van der Waals surface area contributed by atoms with Crippen LogP contribution in [0.3, 0.4) is 0 Å². The summed E-state index contributed by atoms with van der Waals surface area (Å²) < 4.78 is 11.5. The van der Waals surface area contributed by atoms with Crippen LogP contribution in [0.1, 0.15) is 59.1 Å². The van der Waals surface area contributed by atoms with Gasteiger partial charge in [0.05, 0.1) is 11.7 Å². The number of ether oxygens (including phenoxy) is 2. The number of benzene rings is 1. The van der Waals surface area contributed by atoms with E-state index in [1.165, 1.54) is 0 Å². The first kappa shape index (κ1) is 17.0. The quantitative estimate of drug-likeness (QED) is 0.779. The van der Waals surface area contributed by atoms with Crippen LogP contribution < -0.4 is 4.74 Å². The van der Waals surface area contributed by atoms with Crippen LogP contribution in [0.25, 0.3) is 0 Å². The first-order chi connectivity index (χ1) is 9.49. The highest BCUT2D eigenvalue weighted by Crippen LogP contribution is 2.35. The molecule has 1 aromatic carbocycles. The fraction of sp³-hybridized carbons (Fsp3) is 0.647. The minimum absolute atomic E-state index is 0.152. The molecule has 3 heteroatoms. The Balaban J connectivity index is 2.92. The van der Waals surface area contributed by atoms with Crippen molar-refractivity contribution in [2.45, 2.75) is 65.3 Å². The molecule has 0 spiro atoms. The van der Waals surface area contributed by atoms with Gasteiger partial charge in [-0.1, -0.05) is 26.0 Å². The Bertz CT molecular complexity index is 380. The Kier molecular flexibility index (Phi) is 6.50. The summed E-state index contributed by atoms with van der Waals surface area (Å²) in [6, 6.07) is 7.64. The molecule has 0 aromatic heterocycles. The van der Waals surface area contributed by atoms with Gasteiger partial charge in [-0.2, -0.15) is 0 Å². The molecule has 0 saturated carbocycles. The molecular weight excluding hydrogens is 252 g/mol. The Morgan fingerprint density at radius 2 is 1.60 bits per heavy atom. The Labute approximate surface area is 122 Å². The van der Waals surface area contributed by atoms with Crippen molar-refractivity contribution >= 4 is 0 Å². The Morgan fingerprint density at radius 3 is 2.00 bits per heavy atom. The predicted octanol–water partition coefficient (Wildman–Crippen LogP) is 4.10. The van der Waals surface area contributed by atoms with Gasteiger partial charge in [0.25, 0.3) is 0 Å². The van der Waals surface area contributed by atoms with Crippen LogP contribution in [-0.2, 0) is 4.74 Å². The van der Waals surface area contributed by atoms with E-state index in [2.05, 4.69) is 13.8 Å². The molecule has 0 heterocycles. The lowest BCUT2D eigenvalue weighted by atomic mass is 9.86. The lowest BCUT2D eigenvalue weighted by molar-refractivity contribution is -0.127. The maximum atomic E-state index is 10.7. The molecule has 0 bridgehead atoms. The zero-order valence-electron chi connectivity index (χ0n) is 13.3. The maximum absolute atomic E-state index is 10.7. The first-order valence-corrected chi connectivity index (χ1v) is 7.57. The normalized spacial score (nSPS) is 13.6. The van der Waals surface area contributed by atoms with Gasteiger partial charge in [0, 0.05) is 6.61 Å². The third-order valence-corrected chi connectivity index (χ3v) is 3.69. The average molecular weight is 280 g/mol. The summed E-state index contributed by atoms with van der Waals surface area (Å²) in [5.74, 6) is 0.825. The van der Waals surface area contributed by atoms with Gasteiger partial charge in [0.2, 0.25) is 0 Å². The van der Waals surface area contributed by atoms with Crippen molar-refractivity contribution in [1.82, 2.24) is 0 Å². The second kappa shape index (κ2) is 7.65. The van der Waals surface area contributed by atoms with Crippen LogP contribution in [0, 0.1) is 0 Å². The van der Waals surface area contributed by atoms with Gasteiger partial charge >= 0.3 is 0 Å². The average Bonchev–Trinajstić information content (AvgIpc) is 2.44. The molecule has 0 aliphatic heterocycles. The van der Waals surface area contributed by atoms with Crippen LogP contribution in [0.4, 0.5) is 0 Å². The number of rotatable bonds is 8. The minimum atomic E-state index is -0.620. The van der Waals surface area contributed by atoms with Crippen LogP contribution >= 0.6 is 0 Å². The van der Waals surface area contributed by atoms with E-state index in [1.54, 1.807) is 0 Å². The second-order valence-electron chi connectivity index (χ2n) is 5.34. The lowest BCUT2D eigenvalue weighted by Crippen LogP contribution is -2.38. The predicted molar refractivity (Wildman–Crippen MR) is 82.1 cm³/mol. The van der Waals surface area contributed by atoms with Crippen LogP contribution in [-0.4, -0.2) is 23.4 Å². The third kappa shape index (κ3) is 3.97. The number of aliphatic hydroxyl groups excluding tert-OH is 1. The molecule has 1 atom stereocenters. The monoisotopic (exact) mass is 280 g/mol. The molecular formula is C17H28O3. The number of hydrogen-bond acceptors (Lipinski definition) is 3. The molecule has 0 aliphatic rings. The van der Waals surface area contributed by atoms with E-state index >= 15 is 0 Å².